The SMILES string of the molecule is CCOc1c(-c2ccc(O)cc2)c(C)nc2cnccc12. The molecule has 1 aromatic carbocycles. The fourth-order valence-corrected chi connectivity index (χ4v) is 2.47. The van der Waals surface area contributed by atoms with Crippen molar-refractivity contribution in [1.82, 2.24) is 9.97 Å². The maximum Gasteiger partial charge on any atom is 0.138 e. The molecule has 0 aliphatic rings. The lowest BCUT2D eigenvalue weighted by Gasteiger charge is -2.15. The number of ether oxygens (including phenoxy) is 1. The van der Waals surface area contributed by atoms with Crippen LogP contribution in [0.4, 0.5) is 0 Å². The van der Waals surface area contributed by atoms with Gasteiger partial charge in [-0.3, -0.25) is 9.97 Å². The molecule has 0 saturated carbocycles. The number of hydrogen-bond acceptors (Lipinski definition) is 4. The molecule has 2 heterocycles. The highest BCUT2D eigenvalue weighted by Crippen LogP contribution is 2.38. The molecular weight excluding hydrogens is 264 g/mol. The Kier molecular flexibility index (Phi) is 3.44. The minimum absolute atomic E-state index is 0.243. The summed E-state index contributed by atoms with van der Waals surface area (Å²) in [4.78, 5) is 8.73. The molecule has 1 N–H and O–H groups in total. The predicted molar refractivity (Wildman–Crippen MR) is 82.5 cm³/mol. The number of nitrogens with zero attached hydrogens (tertiary/aromatic N) is 2. The zero-order chi connectivity index (χ0) is 14.8. The third-order valence-corrected chi connectivity index (χ3v) is 3.37. The van der Waals surface area contributed by atoms with Crippen molar-refractivity contribution in [2.75, 3.05) is 6.61 Å². The first-order chi connectivity index (χ1) is 10.2. The van der Waals surface area contributed by atoms with Crippen molar-refractivity contribution >= 4 is 10.9 Å². The maximum absolute atomic E-state index is 9.46. The predicted octanol–water partition coefficient (Wildman–Crippen LogP) is 3.71. The molecule has 0 spiro atoms. The summed E-state index contributed by atoms with van der Waals surface area (Å²) in [5.74, 6) is 1.06. The summed E-state index contributed by atoms with van der Waals surface area (Å²) in [6.45, 7) is 4.49. The van der Waals surface area contributed by atoms with Crippen LogP contribution >= 0.6 is 0 Å². The fourth-order valence-electron chi connectivity index (χ4n) is 2.47. The van der Waals surface area contributed by atoms with E-state index < -0.39 is 0 Å². The zero-order valence-corrected chi connectivity index (χ0v) is 12.0. The van der Waals surface area contributed by atoms with Gasteiger partial charge in [0.05, 0.1) is 18.3 Å². The van der Waals surface area contributed by atoms with Gasteiger partial charge in [0.25, 0.3) is 0 Å². The largest absolute Gasteiger partial charge is 0.508 e. The minimum atomic E-state index is 0.243. The number of phenolic OH excluding ortho intramolecular Hbond substituents is 1. The molecule has 0 amide bonds. The first-order valence-electron chi connectivity index (χ1n) is 6.87. The Hall–Kier alpha value is -2.62. The number of phenols is 1. The van der Waals surface area contributed by atoms with Crippen molar-refractivity contribution < 1.29 is 9.84 Å². The molecule has 0 aliphatic heterocycles. The molecular formula is C17H16N2O2. The number of fused-ring (bicyclic) bond motifs is 1. The summed E-state index contributed by atoms with van der Waals surface area (Å²) in [7, 11) is 0. The first-order valence-corrected chi connectivity index (χ1v) is 6.87. The van der Waals surface area contributed by atoms with Crippen LogP contribution in [0.3, 0.4) is 0 Å². The standard InChI is InChI=1S/C17H16N2O2/c1-3-21-17-14-8-9-18-10-15(14)19-11(2)16(17)12-4-6-13(20)7-5-12/h4-10,20H,3H2,1-2H3. The molecule has 3 aromatic rings. The highest BCUT2D eigenvalue weighted by Gasteiger charge is 2.15. The minimum Gasteiger partial charge on any atom is -0.508 e. The lowest BCUT2D eigenvalue weighted by molar-refractivity contribution is 0.345. The van der Waals surface area contributed by atoms with Gasteiger partial charge in [-0.25, -0.2) is 0 Å². The van der Waals surface area contributed by atoms with Crippen molar-refractivity contribution in [3.8, 4) is 22.6 Å². The third kappa shape index (κ3) is 2.40. The van der Waals surface area contributed by atoms with Crippen LogP contribution < -0.4 is 4.74 Å². The molecule has 2 aromatic heterocycles. The molecule has 0 unspecified atom stereocenters. The molecule has 106 valence electrons. The number of aryl methyl sites for hydroxylation is 1. The Labute approximate surface area is 123 Å². The van der Waals surface area contributed by atoms with Crippen LogP contribution in [0, 0.1) is 6.92 Å². The number of pyridine rings is 2. The first kappa shape index (κ1) is 13.4. The zero-order valence-electron chi connectivity index (χ0n) is 12.0. The van der Waals surface area contributed by atoms with Gasteiger partial charge in [0.1, 0.15) is 11.5 Å². The van der Waals surface area contributed by atoms with E-state index in [1.165, 1.54) is 0 Å². The van der Waals surface area contributed by atoms with Gasteiger partial charge in [-0.1, -0.05) is 12.1 Å². The van der Waals surface area contributed by atoms with Gasteiger partial charge in [-0.15, -0.1) is 0 Å². The summed E-state index contributed by atoms with van der Waals surface area (Å²) in [6.07, 6.45) is 3.48. The van der Waals surface area contributed by atoms with E-state index in [1.54, 1.807) is 24.5 Å². The second kappa shape index (κ2) is 5.40. The van der Waals surface area contributed by atoms with Gasteiger partial charge in [-0.05, 0) is 37.6 Å². The second-order valence-corrected chi connectivity index (χ2v) is 4.77. The number of aromatic hydroxyl groups is 1. The molecule has 3 rings (SSSR count). The number of benzene rings is 1. The molecule has 0 saturated heterocycles. The van der Waals surface area contributed by atoms with Crippen LogP contribution in [0.25, 0.3) is 22.0 Å². The molecule has 0 aliphatic carbocycles. The molecule has 21 heavy (non-hydrogen) atoms. The highest BCUT2D eigenvalue weighted by molar-refractivity contribution is 5.93. The third-order valence-electron chi connectivity index (χ3n) is 3.37. The van der Waals surface area contributed by atoms with E-state index in [0.29, 0.717) is 6.61 Å². The Morgan fingerprint density at radius 1 is 1.14 bits per heavy atom. The molecule has 0 bridgehead atoms. The van der Waals surface area contributed by atoms with E-state index in [0.717, 1.165) is 33.5 Å². The monoisotopic (exact) mass is 280 g/mol. The topological polar surface area (TPSA) is 55.2 Å². The summed E-state index contributed by atoms with van der Waals surface area (Å²) in [5.41, 5.74) is 3.63. The average Bonchev–Trinajstić information content (AvgIpc) is 2.49. The summed E-state index contributed by atoms with van der Waals surface area (Å²) in [5, 5.41) is 10.4. The fraction of sp³-hybridized carbons (Fsp3) is 0.176. The number of aromatic nitrogens is 2. The van der Waals surface area contributed by atoms with E-state index in [1.807, 2.05) is 32.0 Å². The van der Waals surface area contributed by atoms with Crippen LogP contribution in [-0.4, -0.2) is 21.7 Å². The Bertz CT molecular complexity index is 783. The van der Waals surface area contributed by atoms with Gasteiger partial charge in [0, 0.05) is 22.8 Å². The highest BCUT2D eigenvalue weighted by atomic mass is 16.5. The van der Waals surface area contributed by atoms with Gasteiger partial charge < -0.3 is 9.84 Å². The molecule has 4 heteroatoms. The van der Waals surface area contributed by atoms with Crippen molar-refractivity contribution in [2.45, 2.75) is 13.8 Å². The van der Waals surface area contributed by atoms with Gasteiger partial charge in [0.2, 0.25) is 0 Å². The van der Waals surface area contributed by atoms with E-state index >= 15 is 0 Å². The molecule has 0 fully saturated rings. The van der Waals surface area contributed by atoms with Crippen molar-refractivity contribution in [3.05, 3.63) is 48.4 Å². The van der Waals surface area contributed by atoms with Crippen LogP contribution in [0.1, 0.15) is 12.6 Å². The molecule has 0 radical (unpaired) electrons. The molecule has 4 nitrogen and oxygen atoms in total. The van der Waals surface area contributed by atoms with Crippen LogP contribution in [0.5, 0.6) is 11.5 Å². The lowest BCUT2D eigenvalue weighted by atomic mass is 10.0. The Morgan fingerprint density at radius 2 is 1.90 bits per heavy atom. The van der Waals surface area contributed by atoms with Gasteiger partial charge >= 0.3 is 0 Å². The smallest absolute Gasteiger partial charge is 0.138 e. The van der Waals surface area contributed by atoms with Crippen molar-refractivity contribution in [3.63, 3.8) is 0 Å². The average molecular weight is 280 g/mol. The number of hydrogen-bond donors (Lipinski definition) is 1. The maximum atomic E-state index is 9.46. The van der Waals surface area contributed by atoms with E-state index in [4.69, 9.17) is 4.74 Å². The van der Waals surface area contributed by atoms with Gasteiger partial charge in [-0.2, -0.15) is 0 Å². The van der Waals surface area contributed by atoms with E-state index in [-0.39, 0.29) is 5.75 Å². The van der Waals surface area contributed by atoms with Crippen LogP contribution in [-0.2, 0) is 0 Å². The van der Waals surface area contributed by atoms with E-state index in [9.17, 15) is 5.11 Å². The normalized spacial score (nSPS) is 10.8. The lowest BCUT2D eigenvalue weighted by Crippen LogP contribution is -2.00. The van der Waals surface area contributed by atoms with Crippen LogP contribution in [0.15, 0.2) is 42.7 Å². The quantitative estimate of drug-likeness (QED) is 0.794. The molecule has 0 atom stereocenters. The summed E-state index contributed by atoms with van der Waals surface area (Å²) < 4.78 is 5.89. The van der Waals surface area contributed by atoms with Crippen molar-refractivity contribution in [1.29, 1.82) is 0 Å². The Morgan fingerprint density at radius 3 is 2.62 bits per heavy atom. The summed E-state index contributed by atoms with van der Waals surface area (Å²) >= 11 is 0. The summed E-state index contributed by atoms with van der Waals surface area (Å²) in [6, 6.07) is 8.99. The second-order valence-electron chi connectivity index (χ2n) is 4.77. The Balaban J connectivity index is 2.32. The number of rotatable bonds is 3. The van der Waals surface area contributed by atoms with E-state index in [2.05, 4.69) is 9.97 Å². The van der Waals surface area contributed by atoms with Crippen LogP contribution in [0.2, 0.25) is 0 Å². The van der Waals surface area contributed by atoms with Gasteiger partial charge in [0.15, 0.2) is 0 Å². The van der Waals surface area contributed by atoms with Crippen molar-refractivity contribution in [2.24, 2.45) is 0 Å².